The van der Waals surface area contributed by atoms with E-state index in [2.05, 4.69) is 4.72 Å². The van der Waals surface area contributed by atoms with Crippen molar-refractivity contribution in [2.75, 3.05) is 43.9 Å². The van der Waals surface area contributed by atoms with Gasteiger partial charge in [-0.25, -0.2) is 26.7 Å². The average Bonchev–Trinajstić information content (AvgIpc) is 3.39. The van der Waals surface area contributed by atoms with Crippen LogP contribution in [0.15, 0.2) is 12.1 Å². The minimum absolute atomic E-state index is 0.0900. The second-order valence-electron chi connectivity index (χ2n) is 9.29. The first-order valence-electron chi connectivity index (χ1n) is 10.8. The third kappa shape index (κ3) is 5.61. The van der Waals surface area contributed by atoms with E-state index in [0.29, 0.717) is 44.7 Å². The summed E-state index contributed by atoms with van der Waals surface area (Å²) in [5.41, 5.74) is 0.0366. The molecular formula is C21H29F2N3O5S. The van der Waals surface area contributed by atoms with Crippen molar-refractivity contribution in [2.24, 2.45) is 5.92 Å². The number of halogens is 2. The minimum atomic E-state index is -3.32. The first-order valence-corrected chi connectivity index (χ1v) is 12.7. The molecule has 178 valence electrons. The first kappa shape index (κ1) is 23.0. The third-order valence-corrected chi connectivity index (χ3v) is 7.00. The Hall–Kier alpha value is -2.14. The molecular weight excluding hydrogens is 444 g/mol. The van der Waals surface area contributed by atoms with Crippen molar-refractivity contribution in [3.05, 3.63) is 23.8 Å². The average molecular weight is 474 g/mol. The highest BCUT2D eigenvalue weighted by Crippen LogP contribution is 2.39. The maximum Gasteiger partial charge on any atom is 0.410 e. The molecule has 4 rings (SSSR count). The van der Waals surface area contributed by atoms with Crippen LogP contribution in [0.2, 0.25) is 0 Å². The van der Waals surface area contributed by atoms with E-state index >= 15 is 0 Å². The molecule has 1 amide bonds. The predicted octanol–water partition coefficient (Wildman–Crippen LogP) is 2.48. The molecule has 1 N–H and O–H groups in total. The van der Waals surface area contributed by atoms with Gasteiger partial charge in [0, 0.05) is 44.0 Å². The molecule has 0 radical (unpaired) electrons. The smallest absolute Gasteiger partial charge is 0.410 e. The van der Waals surface area contributed by atoms with Crippen molar-refractivity contribution in [3.63, 3.8) is 0 Å². The Kier molecular flexibility index (Phi) is 6.23. The Labute approximate surface area is 186 Å². The van der Waals surface area contributed by atoms with E-state index in [4.69, 9.17) is 9.47 Å². The fourth-order valence-electron chi connectivity index (χ4n) is 3.97. The lowest BCUT2D eigenvalue weighted by Gasteiger charge is -2.41. The lowest BCUT2D eigenvalue weighted by molar-refractivity contribution is 0.0453. The van der Waals surface area contributed by atoms with Crippen LogP contribution in [0, 0.1) is 17.6 Å². The highest BCUT2D eigenvalue weighted by molar-refractivity contribution is 7.88. The lowest BCUT2D eigenvalue weighted by atomic mass is 9.98. The van der Waals surface area contributed by atoms with Crippen molar-refractivity contribution in [3.8, 4) is 5.75 Å². The molecule has 0 spiro atoms. The number of carbonyl (C=O) groups excluding carboxylic acids is 1. The van der Waals surface area contributed by atoms with Gasteiger partial charge in [0.15, 0.2) is 17.4 Å². The molecule has 1 saturated carbocycles. The van der Waals surface area contributed by atoms with Gasteiger partial charge in [0.05, 0.1) is 18.9 Å². The van der Waals surface area contributed by atoms with Gasteiger partial charge in [0.1, 0.15) is 5.60 Å². The van der Waals surface area contributed by atoms with Gasteiger partial charge in [-0.2, -0.15) is 0 Å². The largest absolute Gasteiger partial charge is 0.487 e. The monoisotopic (exact) mass is 473 g/mol. The number of rotatable bonds is 7. The van der Waals surface area contributed by atoms with Gasteiger partial charge in [0.2, 0.25) is 10.0 Å². The van der Waals surface area contributed by atoms with E-state index in [9.17, 15) is 22.0 Å². The zero-order valence-electron chi connectivity index (χ0n) is 18.3. The molecule has 0 aromatic heterocycles. The summed E-state index contributed by atoms with van der Waals surface area (Å²) in [5.74, 6) is -1.91. The number of piperidine rings is 1. The van der Waals surface area contributed by atoms with Gasteiger partial charge in [-0.1, -0.05) is 0 Å². The molecule has 0 unspecified atom stereocenters. The van der Waals surface area contributed by atoms with Crippen LogP contribution >= 0.6 is 0 Å². The van der Waals surface area contributed by atoms with Gasteiger partial charge in [-0.05, 0) is 38.5 Å². The lowest BCUT2D eigenvalue weighted by Crippen LogP contribution is -2.59. The highest BCUT2D eigenvalue weighted by atomic mass is 32.2. The molecule has 2 heterocycles. The summed E-state index contributed by atoms with van der Waals surface area (Å²) in [6.45, 7) is 3.83. The summed E-state index contributed by atoms with van der Waals surface area (Å²) >= 11 is 0. The van der Waals surface area contributed by atoms with Crippen LogP contribution in [0.4, 0.5) is 19.3 Å². The number of nitrogens with one attached hydrogen (secondary N) is 1. The summed E-state index contributed by atoms with van der Waals surface area (Å²) in [6, 6.07) is 2.13. The quantitative estimate of drug-likeness (QED) is 0.655. The third-order valence-electron chi connectivity index (χ3n) is 6.23. The molecule has 0 atom stereocenters. The molecule has 32 heavy (non-hydrogen) atoms. The number of hydrogen-bond acceptors (Lipinski definition) is 6. The summed E-state index contributed by atoms with van der Waals surface area (Å²) in [4.78, 5) is 15.5. The summed E-state index contributed by atoms with van der Waals surface area (Å²) < 4.78 is 64.9. The number of benzene rings is 1. The Morgan fingerprint density at radius 3 is 2.31 bits per heavy atom. The number of hydrogen-bond donors (Lipinski definition) is 1. The van der Waals surface area contributed by atoms with E-state index in [1.807, 2.05) is 6.92 Å². The molecule has 3 fully saturated rings. The fourth-order valence-corrected chi connectivity index (χ4v) is 4.73. The normalized spacial score (nSPS) is 21.2. The second kappa shape index (κ2) is 8.66. The van der Waals surface area contributed by atoms with Crippen LogP contribution in [0.25, 0.3) is 0 Å². The number of anilines is 1. The molecule has 1 aromatic carbocycles. The van der Waals surface area contributed by atoms with Gasteiger partial charge >= 0.3 is 6.09 Å². The number of nitrogens with zero attached hydrogens (tertiary/aromatic N) is 2. The van der Waals surface area contributed by atoms with Crippen LogP contribution in [-0.2, 0) is 14.8 Å². The van der Waals surface area contributed by atoms with Crippen LogP contribution < -0.4 is 14.4 Å². The number of ether oxygens (including phenoxy) is 2. The Morgan fingerprint density at radius 2 is 1.78 bits per heavy atom. The maximum absolute atomic E-state index is 14.5. The number of sulfonamides is 1. The van der Waals surface area contributed by atoms with Crippen molar-refractivity contribution in [2.45, 2.75) is 44.2 Å². The van der Waals surface area contributed by atoms with E-state index < -0.39 is 27.4 Å². The Bertz CT molecular complexity index is 949. The van der Waals surface area contributed by atoms with Crippen LogP contribution in [0.3, 0.4) is 0 Å². The van der Waals surface area contributed by atoms with Crippen molar-refractivity contribution < 1.29 is 31.5 Å². The molecule has 1 aromatic rings. The zero-order chi connectivity index (χ0) is 23.1. The van der Waals surface area contributed by atoms with Gasteiger partial charge in [-0.15, -0.1) is 0 Å². The summed E-state index contributed by atoms with van der Waals surface area (Å²) in [6.07, 6.45) is 3.93. The molecule has 2 aliphatic heterocycles. The molecule has 1 aliphatic carbocycles. The molecule has 3 aliphatic rings. The standard InChI is InChI=1S/C21H29F2N3O5S/c1-21(5-6-21)31-20(27)25-7-3-14(4-8-25)13-30-19-17(22)9-16(10-18(19)23)26-11-15(12-26)24-32(2,28)29/h9-10,14-15,24H,3-8,11-13H2,1-2H3. The van der Waals surface area contributed by atoms with Crippen molar-refractivity contribution in [1.29, 1.82) is 0 Å². The fraction of sp³-hybridized carbons (Fsp3) is 0.667. The van der Waals surface area contributed by atoms with Crippen LogP contribution in [-0.4, -0.2) is 70.1 Å². The molecule has 2 saturated heterocycles. The van der Waals surface area contributed by atoms with E-state index in [0.717, 1.165) is 19.1 Å². The first-order chi connectivity index (χ1) is 15.0. The van der Waals surface area contributed by atoms with Crippen molar-refractivity contribution >= 4 is 21.8 Å². The van der Waals surface area contributed by atoms with Crippen molar-refractivity contribution in [1.82, 2.24) is 9.62 Å². The Balaban J connectivity index is 1.25. The van der Waals surface area contributed by atoms with E-state index in [1.165, 1.54) is 12.1 Å². The predicted molar refractivity (Wildman–Crippen MR) is 114 cm³/mol. The number of carbonyl (C=O) groups is 1. The summed E-state index contributed by atoms with van der Waals surface area (Å²) in [7, 11) is -3.32. The maximum atomic E-state index is 14.5. The summed E-state index contributed by atoms with van der Waals surface area (Å²) in [5, 5.41) is 0. The van der Waals surface area contributed by atoms with E-state index in [1.54, 1.807) is 9.80 Å². The van der Waals surface area contributed by atoms with Crippen LogP contribution in [0.1, 0.15) is 32.6 Å². The zero-order valence-corrected chi connectivity index (χ0v) is 19.1. The van der Waals surface area contributed by atoms with Gasteiger partial charge in [-0.3, -0.25) is 0 Å². The Morgan fingerprint density at radius 1 is 1.19 bits per heavy atom. The molecule has 0 bridgehead atoms. The molecule has 11 heteroatoms. The molecule has 8 nitrogen and oxygen atoms in total. The number of amides is 1. The second-order valence-corrected chi connectivity index (χ2v) is 11.1. The van der Waals surface area contributed by atoms with Crippen LogP contribution in [0.5, 0.6) is 5.75 Å². The van der Waals surface area contributed by atoms with E-state index in [-0.39, 0.29) is 30.3 Å². The number of likely N-dealkylation sites (tertiary alicyclic amines) is 1. The topological polar surface area (TPSA) is 88.2 Å². The minimum Gasteiger partial charge on any atom is -0.487 e. The highest BCUT2D eigenvalue weighted by Gasteiger charge is 2.43. The van der Waals surface area contributed by atoms with Gasteiger partial charge in [0.25, 0.3) is 0 Å². The van der Waals surface area contributed by atoms with Gasteiger partial charge < -0.3 is 19.3 Å². The SMILES string of the molecule is CC1(OC(=O)N2CCC(COc3c(F)cc(N4CC(NS(C)(=O)=O)C4)cc3F)CC2)CC1.